The minimum atomic E-state index is -0.373. The maximum Gasteiger partial charge on any atom is 0.323 e. The molecule has 7 nitrogen and oxygen atoms in total. The van der Waals surface area contributed by atoms with Gasteiger partial charge in [0.25, 0.3) is 5.91 Å². The van der Waals surface area contributed by atoms with E-state index < -0.39 is 0 Å². The first-order chi connectivity index (χ1) is 15.7. The Bertz CT molecular complexity index is 950. The van der Waals surface area contributed by atoms with Crippen LogP contribution < -0.4 is 20.3 Å². The van der Waals surface area contributed by atoms with Crippen molar-refractivity contribution in [3.05, 3.63) is 48.0 Å². The highest BCUT2D eigenvalue weighted by Gasteiger charge is 2.25. The van der Waals surface area contributed by atoms with E-state index in [0.717, 1.165) is 57.5 Å². The molecule has 0 saturated carbocycles. The van der Waals surface area contributed by atoms with Crippen molar-refractivity contribution in [2.45, 2.75) is 39.0 Å². The van der Waals surface area contributed by atoms with Crippen LogP contribution in [0.1, 0.15) is 49.4 Å². The minimum absolute atomic E-state index is 0.0531. The number of benzene rings is 2. The maximum atomic E-state index is 13.4. The van der Waals surface area contributed by atoms with E-state index in [9.17, 15) is 9.59 Å². The molecule has 2 fully saturated rings. The first-order valence-electron chi connectivity index (χ1n) is 11.6. The molecule has 2 aliphatic heterocycles. The van der Waals surface area contributed by atoms with E-state index in [2.05, 4.69) is 15.5 Å². The summed E-state index contributed by atoms with van der Waals surface area (Å²) in [5.74, 6) is 0.674. The van der Waals surface area contributed by atoms with Crippen LogP contribution in [0.3, 0.4) is 0 Å². The third kappa shape index (κ3) is 5.15. The van der Waals surface area contributed by atoms with Crippen LogP contribution in [0.2, 0.25) is 0 Å². The molecule has 0 radical (unpaired) electrons. The quantitative estimate of drug-likeness (QED) is 0.672. The highest BCUT2D eigenvalue weighted by Crippen LogP contribution is 2.30. The number of rotatable bonds is 6. The van der Waals surface area contributed by atoms with Gasteiger partial charge in [0.05, 0.1) is 17.9 Å². The maximum absolute atomic E-state index is 13.4. The van der Waals surface area contributed by atoms with Crippen molar-refractivity contribution in [3.63, 3.8) is 0 Å². The van der Waals surface area contributed by atoms with Crippen LogP contribution in [-0.4, -0.2) is 49.6 Å². The minimum Gasteiger partial charge on any atom is -0.492 e. The molecule has 2 saturated heterocycles. The second-order valence-electron chi connectivity index (χ2n) is 8.29. The Morgan fingerprint density at radius 3 is 2.38 bits per heavy atom. The summed E-state index contributed by atoms with van der Waals surface area (Å²) < 4.78 is 5.58. The van der Waals surface area contributed by atoms with Crippen molar-refractivity contribution in [3.8, 4) is 5.75 Å². The standard InChI is InChI=1S/C25H32N4O3/c1-2-32-23-11-5-4-10-21(23)27-25(31)26-19-12-13-22(28-14-8-9-15-28)20(18-19)24(30)29-16-6-3-7-17-29/h4-5,10-13,18H,2-3,6-9,14-17H2,1H3,(H2,26,27,31). The number of urea groups is 1. The van der Waals surface area contributed by atoms with Crippen LogP contribution in [0.4, 0.5) is 21.9 Å². The lowest BCUT2D eigenvalue weighted by atomic mass is 10.1. The Morgan fingerprint density at radius 1 is 0.906 bits per heavy atom. The summed E-state index contributed by atoms with van der Waals surface area (Å²) in [5.41, 5.74) is 2.83. The van der Waals surface area contributed by atoms with Gasteiger partial charge in [-0.15, -0.1) is 0 Å². The lowest BCUT2D eigenvalue weighted by Gasteiger charge is -2.29. The van der Waals surface area contributed by atoms with Crippen molar-refractivity contribution >= 4 is 29.0 Å². The van der Waals surface area contributed by atoms with E-state index in [1.54, 1.807) is 6.07 Å². The van der Waals surface area contributed by atoms with Crippen LogP contribution in [0.5, 0.6) is 5.75 Å². The first kappa shape index (κ1) is 22.0. The number of nitrogens with one attached hydrogen (secondary N) is 2. The molecule has 170 valence electrons. The third-order valence-corrected chi connectivity index (χ3v) is 6.01. The smallest absolute Gasteiger partial charge is 0.323 e. The predicted molar refractivity (Wildman–Crippen MR) is 128 cm³/mol. The van der Waals surface area contributed by atoms with E-state index in [1.807, 2.05) is 48.2 Å². The van der Waals surface area contributed by atoms with Crippen molar-refractivity contribution in [2.24, 2.45) is 0 Å². The number of nitrogens with zero attached hydrogens (tertiary/aromatic N) is 2. The Balaban J connectivity index is 1.54. The predicted octanol–water partition coefficient (Wildman–Crippen LogP) is 4.96. The number of piperidine rings is 1. The molecule has 2 aliphatic rings. The number of amides is 3. The van der Waals surface area contributed by atoms with Gasteiger partial charge in [-0.1, -0.05) is 12.1 Å². The van der Waals surface area contributed by atoms with Crippen LogP contribution >= 0.6 is 0 Å². The molecule has 0 atom stereocenters. The van der Waals surface area contributed by atoms with Crippen LogP contribution in [0.25, 0.3) is 0 Å². The van der Waals surface area contributed by atoms with E-state index in [0.29, 0.717) is 29.3 Å². The number of likely N-dealkylation sites (tertiary alicyclic amines) is 1. The molecule has 32 heavy (non-hydrogen) atoms. The molecule has 4 rings (SSSR count). The lowest BCUT2D eigenvalue weighted by Crippen LogP contribution is -2.36. The van der Waals surface area contributed by atoms with E-state index in [-0.39, 0.29) is 11.9 Å². The highest BCUT2D eigenvalue weighted by atomic mass is 16.5. The molecular formula is C25H32N4O3. The van der Waals surface area contributed by atoms with E-state index in [4.69, 9.17) is 4.74 Å². The zero-order valence-electron chi connectivity index (χ0n) is 18.7. The largest absolute Gasteiger partial charge is 0.492 e. The lowest BCUT2D eigenvalue weighted by molar-refractivity contribution is 0.0725. The summed E-state index contributed by atoms with van der Waals surface area (Å²) in [4.78, 5) is 30.3. The average Bonchev–Trinajstić information content (AvgIpc) is 3.35. The molecule has 0 bridgehead atoms. The molecule has 0 spiro atoms. The molecule has 0 aliphatic carbocycles. The third-order valence-electron chi connectivity index (χ3n) is 6.01. The first-order valence-corrected chi connectivity index (χ1v) is 11.6. The van der Waals surface area contributed by atoms with Gasteiger partial charge in [-0.05, 0) is 69.4 Å². The second-order valence-corrected chi connectivity index (χ2v) is 8.29. The summed E-state index contributed by atoms with van der Waals surface area (Å²) in [7, 11) is 0. The van der Waals surface area contributed by atoms with Crippen LogP contribution in [0.15, 0.2) is 42.5 Å². The fourth-order valence-electron chi connectivity index (χ4n) is 4.42. The number of carbonyl (C=O) groups is 2. The Kier molecular flexibility index (Phi) is 7.14. The van der Waals surface area contributed by atoms with Crippen molar-refractivity contribution in [1.82, 2.24) is 4.90 Å². The van der Waals surface area contributed by atoms with Gasteiger partial charge in [0.2, 0.25) is 0 Å². The monoisotopic (exact) mass is 436 g/mol. The zero-order chi connectivity index (χ0) is 22.3. The summed E-state index contributed by atoms with van der Waals surface area (Å²) in [6.07, 6.45) is 5.54. The van der Waals surface area contributed by atoms with E-state index in [1.165, 1.54) is 6.42 Å². The fourth-order valence-corrected chi connectivity index (χ4v) is 4.42. The number of anilines is 3. The van der Waals surface area contributed by atoms with Gasteiger partial charge >= 0.3 is 6.03 Å². The number of hydrogen-bond donors (Lipinski definition) is 2. The van der Waals surface area contributed by atoms with Crippen LogP contribution in [0, 0.1) is 0 Å². The average molecular weight is 437 g/mol. The van der Waals surface area contributed by atoms with Gasteiger partial charge in [0.15, 0.2) is 0 Å². The molecule has 2 aromatic carbocycles. The summed E-state index contributed by atoms with van der Waals surface area (Å²) in [6.45, 7) is 5.93. The Labute approximate surface area is 189 Å². The van der Waals surface area contributed by atoms with Gasteiger partial charge < -0.3 is 25.2 Å². The topological polar surface area (TPSA) is 73.9 Å². The molecule has 2 heterocycles. The summed E-state index contributed by atoms with van der Waals surface area (Å²) in [5, 5.41) is 5.73. The van der Waals surface area contributed by atoms with E-state index >= 15 is 0 Å². The van der Waals surface area contributed by atoms with Gasteiger partial charge in [-0.2, -0.15) is 0 Å². The molecule has 0 aromatic heterocycles. The highest BCUT2D eigenvalue weighted by molar-refractivity contribution is 6.04. The second kappa shape index (κ2) is 10.4. The number of carbonyl (C=O) groups excluding carboxylic acids is 2. The summed E-state index contributed by atoms with van der Waals surface area (Å²) in [6, 6.07) is 12.6. The normalized spacial score (nSPS) is 16.0. The van der Waals surface area contributed by atoms with Crippen molar-refractivity contribution in [2.75, 3.05) is 48.3 Å². The molecule has 7 heteroatoms. The molecular weight excluding hydrogens is 404 g/mol. The van der Waals surface area contributed by atoms with Gasteiger partial charge in [-0.25, -0.2) is 4.79 Å². The SMILES string of the molecule is CCOc1ccccc1NC(=O)Nc1ccc(N2CCCC2)c(C(=O)N2CCCCC2)c1. The Morgan fingerprint density at radius 2 is 1.62 bits per heavy atom. The molecule has 2 aromatic rings. The molecule has 0 unspecified atom stereocenters. The van der Waals surface area contributed by atoms with Gasteiger partial charge in [-0.3, -0.25) is 4.79 Å². The van der Waals surface area contributed by atoms with Gasteiger partial charge in [0, 0.05) is 37.6 Å². The molecule has 3 amide bonds. The van der Waals surface area contributed by atoms with Crippen molar-refractivity contribution < 1.29 is 14.3 Å². The number of hydrogen-bond acceptors (Lipinski definition) is 4. The number of ether oxygens (including phenoxy) is 1. The summed E-state index contributed by atoms with van der Waals surface area (Å²) >= 11 is 0. The molecule has 2 N–H and O–H groups in total. The van der Waals surface area contributed by atoms with Crippen LogP contribution in [-0.2, 0) is 0 Å². The zero-order valence-corrected chi connectivity index (χ0v) is 18.7. The number of para-hydroxylation sites is 2. The van der Waals surface area contributed by atoms with Gasteiger partial charge in [0.1, 0.15) is 5.75 Å². The fraction of sp³-hybridized carbons (Fsp3) is 0.440. The van der Waals surface area contributed by atoms with Crippen molar-refractivity contribution in [1.29, 1.82) is 0 Å². The Hall–Kier alpha value is -3.22.